The van der Waals surface area contributed by atoms with Crippen LogP contribution in [0.3, 0.4) is 0 Å². The van der Waals surface area contributed by atoms with Gasteiger partial charge in [-0.05, 0) is 24.6 Å². The van der Waals surface area contributed by atoms with Gasteiger partial charge in [0.15, 0.2) is 0 Å². The van der Waals surface area contributed by atoms with Crippen LogP contribution < -0.4 is 5.73 Å². The van der Waals surface area contributed by atoms with Gasteiger partial charge in [0, 0.05) is 11.3 Å². The van der Waals surface area contributed by atoms with Gasteiger partial charge in [0.1, 0.15) is 0 Å². The lowest BCUT2D eigenvalue weighted by molar-refractivity contribution is 0.468. The normalized spacial score (nSPS) is 11.1. The molecule has 0 aliphatic carbocycles. The molecular weight excluding hydrogens is 202 g/mol. The van der Waals surface area contributed by atoms with E-state index >= 15 is 0 Å². The van der Waals surface area contributed by atoms with E-state index in [1.165, 1.54) is 12.1 Å². The van der Waals surface area contributed by atoms with Crippen molar-refractivity contribution in [3.05, 3.63) is 28.8 Å². The highest BCUT2D eigenvalue weighted by atomic mass is 19.4. The van der Waals surface area contributed by atoms with Gasteiger partial charge in [-0.2, -0.15) is 0 Å². The van der Waals surface area contributed by atoms with Crippen LogP contribution in [0.25, 0.3) is 0 Å². The van der Waals surface area contributed by atoms with Crippen molar-refractivity contribution in [1.29, 1.82) is 0 Å². The zero-order valence-corrected chi connectivity index (χ0v) is 8.23. The first-order valence-corrected chi connectivity index (χ1v) is 4.40. The highest BCUT2D eigenvalue weighted by molar-refractivity contribution is 6.57. The Kier molecular flexibility index (Phi) is 2.99. The molecule has 0 bridgehead atoms. The molecule has 0 fully saturated rings. The van der Waals surface area contributed by atoms with Crippen molar-refractivity contribution in [3.8, 4) is 12.3 Å². The second-order valence-corrected chi connectivity index (χ2v) is 3.41. The Morgan fingerprint density at radius 3 is 2.47 bits per heavy atom. The maximum absolute atomic E-state index is 12.3. The van der Waals surface area contributed by atoms with Gasteiger partial charge in [0.05, 0.1) is 0 Å². The average molecular weight is 212 g/mol. The predicted octanol–water partition coefficient (Wildman–Crippen LogP) is 2.49. The van der Waals surface area contributed by atoms with Gasteiger partial charge in [-0.3, -0.25) is 0 Å². The van der Waals surface area contributed by atoms with Gasteiger partial charge in [-0.15, -0.1) is 6.42 Å². The third-order valence-electron chi connectivity index (χ3n) is 2.17. The standard InChI is InChI=1S/C10H10BF3N/c1-3-8-4-9(6-11(12,13)14)7(2)10(15)5-8/h1,4-5H,6,15H2,2H3/q-1. The Balaban J connectivity index is 3.18. The molecule has 1 aromatic rings. The summed E-state index contributed by atoms with van der Waals surface area (Å²) in [7, 11) is 0. The van der Waals surface area contributed by atoms with Gasteiger partial charge in [-0.1, -0.05) is 17.8 Å². The van der Waals surface area contributed by atoms with Crippen molar-refractivity contribution >= 4 is 12.7 Å². The summed E-state index contributed by atoms with van der Waals surface area (Å²) in [4.78, 5) is 0. The molecule has 5 heteroatoms. The van der Waals surface area contributed by atoms with Crippen LogP contribution in [0.5, 0.6) is 0 Å². The van der Waals surface area contributed by atoms with Crippen molar-refractivity contribution < 1.29 is 12.9 Å². The number of nitrogen functional groups attached to an aromatic ring is 1. The number of nitrogens with two attached hydrogens (primary N) is 1. The van der Waals surface area contributed by atoms with Crippen molar-refractivity contribution in [2.75, 3.05) is 5.73 Å². The van der Waals surface area contributed by atoms with Crippen LogP contribution in [0.1, 0.15) is 16.7 Å². The first-order chi connectivity index (χ1) is 6.83. The quantitative estimate of drug-likeness (QED) is 0.454. The van der Waals surface area contributed by atoms with Crippen molar-refractivity contribution in [2.24, 2.45) is 0 Å². The van der Waals surface area contributed by atoms with Crippen LogP contribution in [-0.4, -0.2) is 6.98 Å². The summed E-state index contributed by atoms with van der Waals surface area (Å²) in [6, 6.07) is 2.86. The summed E-state index contributed by atoms with van der Waals surface area (Å²) in [5.41, 5.74) is 6.86. The minimum Gasteiger partial charge on any atom is -0.449 e. The Hall–Kier alpha value is -1.57. The smallest absolute Gasteiger partial charge is 0.449 e. The first-order valence-electron chi connectivity index (χ1n) is 4.40. The summed E-state index contributed by atoms with van der Waals surface area (Å²) < 4.78 is 36.8. The largest absolute Gasteiger partial charge is 0.482 e. The minimum atomic E-state index is -4.86. The van der Waals surface area contributed by atoms with E-state index < -0.39 is 13.3 Å². The average Bonchev–Trinajstić information content (AvgIpc) is 2.10. The third kappa shape index (κ3) is 2.95. The summed E-state index contributed by atoms with van der Waals surface area (Å²) in [5, 5.41) is 0. The number of halogens is 3. The maximum atomic E-state index is 12.3. The fraction of sp³-hybridized carbons (Fsp3) is 0.200. The molecule has 0 unspecified atom stereocenters. The highest BCUT2D eigenvalue weighted by Crippen LogP contribution is 2.24. The van der Waals surface area contributed by atoms with E-state index in [1.807, 2.05) is 0 Å². The van der Waals surface area contributed by atoms with Crippen molar-refractivity contribution in [3.63, 3.8) is 0 Å². The topological polar surface area (TPSA) is 26.0 Å². The molecule has 0 radical (unpaired) electrons. The van der Waals surface area contributed by atoms with Gasteiger partial charge < -0.3 is 18.7 Å². The van der Waals surface area contributed by atoms with Crippen LogP contribution in [-0.2, 0) is 6.32 Å². The summed E-state index contributed by atoms with van der Waals surface area (Å²) in [5.74, 6) is 2.28. The lowest BCUT2D eigenvalue weighted by Gasteiger charge is -2.17. The molecule has 0 atom stereocenters. The van der Waals surface area contributed by atoms with E-state index in [2.05, 4.69) is 5.92 Å². The summed E-state index contributed by atoms with van der Waals surface area (Å²) >= 11 is 0. The molecule has 0 spiro atoms. The second-order valence-electron chi connectivity index (χ2n) is 3.41. The van der Waals surface area contributed by atoms with Crippen LogP contribution in [0.4, 0.5) is 18.6 Å². The summed E-state index contributed by atoms with van der Waals surface area (Å²) in [6.07, 6.45) is 4.18. The van der Waals surface area contributed by atoms with Gasteiger partial charge in [0.2, 0.25) is 0 Å². The molecule has 0 aliphatic heterocycles. The molecular formula is C10H10BF3N-. The monoisotopic (exact) mass is 212 g/mol. The molecule has 15 heavy (non-hydrogen) atoms. The van der Waals surface area contributed by atoms with E-state index in [-0.39, 0.29) is 5.56 Å². The second kappa shape index (κ2) is 3.89. The molecule has 0 aliphatic rings. The number of benzene rings is 1. The number of hydrogen-bond acceptors (Lipinski definition) is 1. The Morgan fingerprint density at radius 2 is 2.00 bits per heavy atom. The van der Waals surface area contributed by atoms with Crippen LogP contribution in [0.2, 0.25) is 0 Å². The molecule has 0 amide bonds. The molecule has 1 nitrogen and oxygen atoms in total. The number of terminal acetylenes is 1. The van der Waals surface area contributed by atoms with Gasteiger partial charge in [-0.25, -0.2) is 0 Å². The van der Waals surface area contributed by atoms with E-state index in [9.17, 15) is 12.9 Å². The molecule has 0 saturated carbocycles. The fourth-order valence-electron chi connectivity index (χ4n) is 1.34. The van der Waals surface area contributed by atoms with Gasteiger partial charge in [0.25, 0.3) is 0 Å². The molecule has 2 N–H and O–H groups in total. The van der Waals surface area contributed by atoms with Crippen molar-refractivity contribution in [1.82, 2.24) is 0 Å². The first kappa shape index (κ1) is 11.5. The highest BCUT2D eigenvalue weighted by Gasteiger charge is 2.24. The van der Waals surface area contributed by atoms with Crippen LogP contribution >= 0.6 is 0 Å². The molecule has 1 aromatic carbocycles. The Morgan fingerprint density at radius 1 is 1.40 bits per heavy atom. The Labute approximate surface area is 86.5 Å². The zero-order chi connectivity index (χ0) is 11.6. The number of rotatable bonds is 2. The molecule has 0 heterocycles. The SMILES string of the molecule is C#Cc1cc(N)c(C)c(C[B-](F)(F)F)c1. The molecule has 0 saturated heterocycles. The molecule has 1 rings (SSSR count). The number of hydrogen-bond donors (Lipinski definition) is 1. The van der Waals surface area contributed by atoms with E-state index in [4.69, 9.17) is 12.2 Å². The van der Waals surface area contributed by atoms with E-state index in [0.717, 1.165) is 0 Å². The minimum absolute atomic E-state index is 0.162. The van der Waals surface area contributed by atoms with E-state index in [1.54, 1.807) is 6.92 Å². The third-order valence-corrected chi connectivity index (χ3v) is 2.17. The number of anilines is 1. The fourth-order valence-corrected chi connectivity index (χ4v) is 1.34. The van der Waals surface area contributed by atoms with Gasteiger partial charge >= 0.3 is 6.98 Å². The van der Waals surface area contributed by atoms with E-state index in [0.29, 0.717) is 16.8 Å². The predicted molar refractivity (Wildman–Crippen MR) is 56.3 cm³/mol. The maximum Gasteiger partial charge on any atom is 0.482 e. The zero-order valence-electron chi connectivity index (χ0n) is 8.23. The van der Waals surface area contributed by atoms with Crippen LogP contribution in [0, 0.1) is 19.3 Å². The summed E-state index contributed by atoms with van der Waals surface area (Å²) in [6.45, 7) is -3.30. The van der Waals surface area contributed by atoms with Crippen molar-refractivity contribution in [2.45, 2.75) is 13.2 Å². The molecule has 0 aromatic heterocycles. The lowest BCUT2D eigenvalue weighted by atomic mass is 9.79. The lowest BCUT2D eigenvalue weighted by Crippen LogP contribution is -2.20. The Bertz CT molecular complexity index is 418. The molecule has 80 valence electrons. The van der Waals surface area contributed by atoms with Crippen LogP contribution in [0.15, 0.2) is 12.1 Å².